The van der Waals surface area contributed by atoms with Gasteiger partial charge in [-0.05, 0) is 6.42 Å². The second-order valence-corrected chi connectivity index (χ2v) is 8.32. The molecule has 0 aliphatic carbocycles. The van der Waals surface area contributed by atoms with E-state index in [-0.39, 0.29) is 5.91 Å². The zero-order chi connectivity index (χ0) is 18.3. The zero-order valence-electron chi connectivity index (χ0n) is 15.6. The predicted octanol–water partition coefficient (Wildman–Crippen LogP) is 4.47. The van der Waals surface area contributed by atoms with Crippen molar-refractivity contribution in [1.29, 1.82) is 0 Å². The van der Waals surface area contributed by atoms with Gasteiger partial charge in [0, 0.05) is 13.0 Å². The van der Waals surface area contributed by atoms with Crippen molar-refractivity contribution in [3.8, 4) is 0 Å². The van der Waals surface area contributed by atoms with Crippen molar-refractivity contribution >= 4 is 16.0 Å². The number of carbonyl (C=O) groups is 1. The fourth-order valence-corrected chi connectivity index (χ4v) is 3.73. The highest BCUT2D eigenvalue weighted by molar-refractivity contribution is 7.85. The van der Waals surface area contributed by atoms with Crippen molar-refractivity contribution < 1.29 is 17.8 Å². The van der Waals surface area contributed by atoms with Crippen LogP contribution in [0.15, 0.2) is 0 Å². The highest BCUT2D eigenvalue weighted by Crippen LogP contribution is 2.13. The molecule has 2 N–H and O–H groups in total. The summed E-state index contributed by atoms with van der Waals surface area (Å²) < 4.78 is 30.8. The van der Waals surface area contributed by atoms with Crippen LogP contribution >= 0.6 is 0 Å². The molecule has 144 valence electrons. The summed E-state index contributed by atoms with van der Waals surface area (Å²) in [6.07, 6.45) is 15.5. The molecule has 0 heterocycles. The Labute approximate surface area is 148 Å². The Bertz CT molecular complexity index is 409. The van der Waals surface area contributed by atoms with E-state index in [2.05, 4.69) is 12.2 Å². The van der Waals surface area contributed by atoms with Crippen LogP contribution in [0.5, 0.6) is 0 Å². The van der Waals surface area contributed by atoms with Gasteiger partial charge in [0.15, 0.2) is 0 Å². The smallest absolute Gasteiger partial charge is 0.266 e. The van der Waals surface area contributed by atoms with Crippen LogP contribution in [0.2, 0.25) is 0 Å². The van der Waals surface area contributed by atoms with Crippen molar-refractivity contribution in [1.82, 2.24) is 5.32 Å². The summed E-state index contributed by atoms with van der Waals surface area (Å²) in [4.78, 5) is 11.1. The molecule has 24 heavy (non-hydrogen) atoms. The molecule has 0 aromatic heterocycles. The van der Waals surface area contributed by atoms with Crippen molar-refractivity contribution in [3.05, 3.63) is 0 Å². The van der Waals surface area contributed by atoms with Crippen LogP contribution in [0.1, 0.15) is 97.3 Å². The molecule has 0 fully saturated rings. The summed E-state index contributed by atoms with van der Waals surface area (Å²) in [5.74, 6) is -0.660. The highest BCUT2D eigenvalue weighted by atomic mass is 32.2. The molecule has 0 aliphatic heterocycles. The minimum atomic E-state index is -4.05. The van der Waals surface area contributed by atoms with E-state index in [0.717, 1.165) is 19.3 Å². The van der Waals surface area contributed by atoms with Gasteiger partial charge in [-0.3, -0.25) is 9.35 Å². The van der Waals surface area contributed by atoms with E-state index in [1.54, 1.807) is 0 Å². The lowest BCUT2D eigenvalue weighted by molar-refractivity contribution is -0.119. The molecular weight excluding hydrogens is 326 g/mol. The summed E-state index contributed by atoms with van der Waals surface area (Å²) >= 11 is 0. The first-order valence-electron chi connectivity index (χ1n) is 9.57. The lowest BCUT2D eigenvalue weighted by atomic mass is 10.0. The molecule has 0 radical (unpaired) electrons. The normalized spacial score (nSPS) is 13.0. The third-order valence-electron chi connectivity index (χ3n) is 4.23. The average Bonchev–Trinajstić information content (AvgIpc) is 2.46. The molecule has 0 rings (SSSR count). The topological polar surface area (TPSA) is 83.5 Å². The summed E-state index contributed by atoms with van der Waals surface area (Å²) in [5.41, 5.74) is 0. The average molecular weight is 364 g/mol. The molecule has 0 aliphatic rings. The Morgan fingerprint density at radius 2 is 1.29 bits per heavy atom. The maximum atomic E-state index is 11.1. The van der Waals surface area contributed by atoms with Gasteiger partial charge in [0.2, 0.25) is 5.91 Å². The molecule has 5 nitrogen and oxygen atoms in total. The van der Waals surface area contributed by atoms with Crippen LogP contribution < -0.4 is 5.32 Å². The number of hydrogen-bond acceptors (Lipinski definition) is 3. The number of amides is 1. The molecule has 0 spiro atoms. The van der Waals surface area contributed by atoms with Gasteiger partial charge < -0.3 is 5.32 Å². The summed E-state index contributed by atoms with van der Waals surface area (Å²) in [6, 6.07) is -0.486. The van der Waals surface area contributed by atoms with E-state index in [1.807, 2.05) is 0 Å². The van der Waals surface area contributed by atoms with Crippen LogP contribution in [0.3, 0.4) is 0 Å². The molecule has 0 saturated heterocycles. The lowest BCUT2D eigenvalue weighted by Crippen LogP contribution is -2.38. The van der Waals surface area contributed by atoms with E-state index in [4.69, 9.17) is 4.55 Å². The van der Waals surface area contributed by atoms with Gasteiger partial charge in [0.1, 0.15) is 0 Å². The number of rotatable bonds is 16. The molecule has 1 amide bonds. The molecule has 0 aromatic rings. The Kier molecular flexibility index (Phi) is 14.3. The summed E-state index contributed by atoms with van der Waals surface area (Å²) in [7, 11) is -4.05. The third kappa shape index (κ3) is 17.7. The van der Waals surface area contributed by atoms with E-state index in [0.29, 0.717) is 6.42 Å². The Morgan fingerprint density at radius 3 is 1.67 bits per heavy atom. The van der Waals surface area contributed by atoms with Gasteiger partial charge in [-0.25, -0.2) is 0 Å². The molecular formula is C18H37NO4S. The van der Waals surface area contributed by atoms with Crippen molar-refractivity contribution in [2.45, 2.75) is 103 Å². The van der Waals surface area contributed by atoms with Crippen molar-refractivity contribution in [2.24, 2.45) is 0 Å². The van der Waals surface area contributed by atoms with E-state index < -0.39 is 21.9 Å². The van der Waals surface area contributed by atoms with Crippen LogP contribution in [0, 0.1) is 0 Å². The molecule has 0 aromatic carbocycles. The van der Waals surface area contributed by atoms with Gasteiger partial charge in [-0.1, -0.05) is 84.0 Å². The first kappa shape index (κ1) is 23.4. The first-order valence-corrected chi connectivity index (χ1v) is 11.2. The van der Waals surface area contributed by atoms with Crippen LogP contribution in [-0.2, 0) is 14.9 Å². The third-order valence-corrected chi connectivity index (χ3v) is 5.05. The standard InChI is InChI=1S/C18H37NO4S/c1-3-4-5-6-7-8-9-10-11-12-13-14-15-18(19-17(2)20)16-24(21,22)23/h18H,3-16H2,1-2H3,(H,19,20)(H,21,22,23). The predicted molar refractivity (Wildman–Crippen MR) is 99.7 cm³/mol. The van der Waals surface area contributed by atoms with E-state index >= 15 is 0 Å². The quantitative estimate of drug-likeness (QED) is 0.313. The molecule has 6 heteroatoms. The SMILES string of the molecule is CCCCCCCCCCCCCCC(CS(=O)(=O)O)NC(C)=O. The van der Waals surface area contributed by atoms with Crippen LogP contribution in [-0.4, -0.2) is 30.7 Å². The largest absolute Gasteiger partial charge is 0.352 e. The molecule has 0 bridgehead atoms. The molecule has 1 atom stereocenters. The van der Waals surface area contributed by atoms with Crippen molar-refractivity contribution in [2.75, 3.05) is 5.75 Å². The van der Waals surface area contributed by atoms with Gasteiger partial charge in [-0.2, -0.15) is 8.42 Å². The first-order chi connectivity index (χ1) is 11.3. The van der Waals surface area contributed by atoms with Gasteiger partial charge in [0.25, 0.3) is 10.1 Å². The summed E-state index contributed by atoms with van der Waals surface area (Å²) in [6.45, 7) is 3.60. The van der Waals surface area contributed by atoms with Crippen LogP contribution in [0.25, 0.3) is 0 Å². The fraction of sp³-hybridized carbons (Fsp3) is 0.944. The van der Waals surface area contributed by atoms with Crippen molar-refractivity contribution in [3.63, 3.8) is 0 Å². The number of carbonyl (C=O) groups excluding carboxylic acids is 1. The number of nitrogens with one attached hydrogen (secondary N) is 1. The number of unbranched alkanes of at least 4 members (excludes halogenated alkanes) is 11. The van der Waals surface area contributed by atoms with Gasteiger partial charge >= 0.3 is 0 Å². The maximum absolute atomic E-state index is 11.1. The highest BCUT2D eigenvalue weighted by Gasteiger charge is 2.17. The van der Waals surface area contributed by atoms with Gasteiger partial charge in [-0.15, -0.1) is 0 Å². The Balaban J connectivity index is 3.56. The summed E-state index contributed by atoms with van der Waals surface area (Å²) in [5, 5.41) is 2.60. The lowest BCUT2D eigenvalue weighted by Gasteiger charge is -2.16. The molecule has 1 unspecified atom stereocenters. The molecule has 0 saturated carbocycles. The zero-order valence-corrected chi connectivity index (χ0v) is 16.4. The fourth-order valence-electron chi connectivity index (χ4n) is 2.97. The minimum absolute atomic E-state index is 0.261. The van der Waals surface area contributed by atoms with Crippen LogP contribution in [0.4, 0.5) is 0 Å². The van der Waals surface area contributed by atoms with E-state index in [1.165, 1.54) is 64.7 Å². The second kappa shape index (κ2) is 14.7. The minimum Gasteiger partial charge on any atom is -0.352 e. The Morgan fingerprint density at radius 1 is 0.875 bits per heavy atom. The van der Waals surface area contributed by atoms with E-state index in [9.17, 15) is 13.2 Å². The Hall–Kier alpha value is -0.620. The number of hydrogen-bond donors (Lipinski definition) is 2. The second-order valence-electron chi connectivity index (χ2n) is 6.82. The van der Waals surface area contributed by atoms with Gasteiger partial charge in [0.05, 0.1) is 5.75 Å². The maximum Gasteiger partial charge on any atom is 0.266 e. The monoisotopic (exact) mass is 363 g/mol.